The van der Waals surface area contributed by atoms with E-state index in [-0.39, 0.29) is 11.6 Å². The van der Waals surface area contributed by atoms with Gasteiger partial charge >= 0.3 is 0 Å². The normalized spacial score (nSPS) is 11.4. The molecule has 0 aromatic rings. The van der Waals surface area contributed by atoms with E-state index in [1.54, 1.807) is 13.8 Å². The van der Waals surface area contributed by atoms with E-state index in [0.717, 1.165) is 12.8 Å². The van der Waals surface area contributed by atoms with E-state index in [0.29, 0.717) is 37.2 Å². The van der Waals surface area contributed by atoms with Crippen molar-refractivity contribution in [1.82, 2.24) is 0 Å². The molecule has 0 rings (SSSR count). The molecule has 0 spiro atoms. The maximum absolute atomic E-state index is 11.8. The average molecular weight is 261 g/mol. The Morgan fingerprint density at radius 2 is 1.24 bits per heavy atom. The van der Waals surface area contributed by atoms with Gasteiger partial charge in [0, 0.05) is 34.1 Å². The quantitative estimate of drug-likeness (QED) is 0.614. The van der Waals surface area contributed by atoms with E-state index in [2.05, 4.69) is 0 Å². The average Bonchev–Trinajstić information content (AvgIpc) is 2.19. The van der Waals surface area contributed by atoms with Crippen LogP contribution in [0.15, 0.2) is 0 Å². The van der Waals surface area contributed by atoms with Crippen molar-refractivity contribution < 1.29 is 13.8 Å². The summed E-state index contributed by atoms with van der Waals surface area (Å²) in [6.07, 6.45) is 3.82. The number of carbonyl (C=O) groups excluding carboxylic acids is 2. The van der Waals surface area contributed by atoms with Crippen LogP contribution in [0.2, 0.25) is 0 Å². The van der Waals surface area contributed by atoms with Crippen molar-refractivity contribution in [3.8, 4) is 0 Å². The number of unbranched alkanes of at least 4 members (excludes halogenated alkanes) is 2. The molecule has 0 atom stereocenters. The Morgan fingerprint density at radius 1 is 0.882 bits per heavy atom. The van der Waals surface area contributed by atoms with E-state index in [4.69, 9.17) is 4.78 Å². The molecule has 0 aliphatic carbocycles. The standard InChI is InChI=1S/C12H23NO3S/c1-11(14)7-3-5-9-17(13,16)10-6-4-8-12(2)15/h13H,3-10H2,1-2H3. The highest BCUT2D eigenvalue weighted by Gasteiger charge is 2.06. The van der Waals surface area contributed by atoms with Gasteiger partial charge < -0.3 is 9.59 Å². The molecular weight excluding hydrogens is 238 g/mol. The smallest absolute Gasteiger partial charge is 0.129 e. The second-order valence-corrected chi connectivity index (χ2v) is 6.98. The lowest BCUT2D eigenvalue weighted by atomic mass is 10.2. The zero-order valence-corrected chi connectivity index (χ0v) is 11.6. The summed E-state index contributed by atoms with van der Waals surface area (Å²) in [4.78, 5) is 21.4. The predicted octanol–water partition coefficient (Wildman–Crippen LogP) is 2.55. The fraction of sp³-hybridized carbons (Fsp3) is 0.833. The minimum atomic E-state index is -2.50. The summed E-state index contributed by atoms with van der Waals surface area (Å²) in [5, 5.41) is 0. The lowest BCUT2D eigenvalue weighted by molar-refractivity contribution is -0.117. The summed E-state index contributed by atoms with van der Waals surface area (Å²) >= 11 is 0. The number of hydrogen-bond acceptors (Lipinski definition) is 4. The molecule has 0 aliphatic heterocycles. The molecule has 0 aromatic heterocycles. The summed E-state index contributed by atoms with van der Waals surface area (Å²) in [6, 6.07) is 0. The molecule has 0 aromatic carbocycles. The van der Waals surface area contributed by atoms with Gasteiger partial charge in [-0.25, -0.2) is 4.21 Å². The summed E-state index contributed by atoms with van der Waals surface area (Å²) in [6.45, 7) is 3.08. The zero-order valence-electron chi connectivity index (χ0n) is 10.8. The number of rotatable bonds is 10. The number of Topliss-reactive ketones (excluding diaryl/α,β-unsaturated/α-hetero) is 2. The highest BCUT2D eigenvalue weighted by molar-refractivity contribution is 7.92. The van der Waals surface area contributed by atoms with Gasteiger partial charge in [-0.3, -0.25) is 4.78 Å². The van der Waals surface area contributed by atoms with E-state index in [1.165, 1.54) is 0 Å². The third-order valence-corrected chi connectivity index (χ3v) is 4.40. The minimum Gasteiger partial charge on any atom is -0.300 e. The van der Waals surface area contributed by atoms with Gasteiger partial charge in [0.1, 0.15) is 11.6 Å². The molecule has 0 bridgehead atoms. The van der Waals surface area contributed by atoms with Gasteiger partial charge in [-0.15, -0.1) is 0 Å². The van der Waals surface area contributed by atoms with Crippen LogP contribution in [0.4, 0.5) is 0 Å². The molecule has 0 radical (unpaired) electrons. The molecule has 0 aliphatic rings. The van der Waals surface area contributed by atoms with Crippen LogP contribution in [0.5, 0.6) is 0 Å². The molecule has 0 fully saturated rings. The van der Waals surface area contributed by atoms with Gasteiger partial charge in [0.15, 0.2) is 0 Å². The third-order valence-electron chi connectivity index (χ3n) is 2.51. The maximum Gasteiger partial charge on any atom is 0.129 e. The first-order valence-corrected chi connectivity index (χ1v) is 7.96. The first-order valence-electron chi connectivity index (χ1n) is 6.06. The van der Waals surface area contributed by atoms with Crippen molar-refractivity contribution in [2.24, 2.45) is 0 Å². The fourth-order valence-corrected chi connectivity index (χ4v) is 3.07. The Morgan fingerprint density at radius 3 is 1.53 bits per heavy atom. The third kappa shape index (κ3) is 11.6. The van der Waals surface area contributed by atoms with Crippen molar-refractivity contribution in [3.63, 3.8) is 0 Å². The summed E-state index contributed by atoms with van der Waals surface area (Å²) < 4.78 is 19.4. The van der Waals surface area contributed by atoms with E-state index in [1.807, 2.05) is 0 Å². The first kappa shape index (κ1) is 16.3. The SMILES string of the molecule is CC(=O)CCCCS(=N)(=O)CCCCC(C)=O. The Hall–Kier alpha value is -0.710. The number of nitrogens with one attached hydrogen (secondary N) is 1. The van der Waals surface area contributed by atoms with Crippen LogP contribution in [0.3, 0.4) is 0 Å². The number of ketones is 2. The molecular formula is C12H23NO3S. The molecule has 4 nitrogen and oxygen atoms in total. The summed E-state index contributed by atoms with van der Waals surface area (Å²) in [5.41, 5.74) is 0. The van der Waals surface area contributed by atoms with Crippen LogP contribution in [0, 0.1) is 4.78 Å². The topological polar surface area (TPSA) is 75.1 Å². The zero-order chi connectivity index (χ0) is 13.3. The predicted molar refractivity (Wildman–Crippen MR) is 69.7 cm³/mol. The molecule has 1 N–H and O–H groups in total. The largest absolute Gasteiger partial charge is 0.300 e. The molecule has 5 heteroatoms. The second-order valence-electron chi connectivity index (χ2n) is 4.54. The molecule has 100 valence electrons. The van der Waals surface area contributed by atoms with Gasteiger partial charge in [0.2, 0.25) is 0 Å². The monoisotopic (exact) mass is 261 g/mol. The lowest BCUT2D eigenvalue weighted by Gasteiger charge is -2.06. The Kier molecular flexibility index (Phi) is 8.04. The lowest BCUT2D eigenvalue weighted by Crippen LogP contribution is -2.10. The van der Waals surface area contributed by atoms with Crippen molar-refractivity contribution in [2.45, 2.75) is 52.4 Å². The van der Waals surface area contributed by atoms with E-state index >= 15 is 0 Å². The Labute approximate surface area is 104 Å². The van der Waals surface area contributed by atoms with Crippen LogP contribution in [0.1, 0.15) is 52.4 Å². The van der Waals surface area contributed by atoms with E-state index < -0.39 is 9.73 Å². The molecule has 0 heterocycles. The van der Waals surface area contributed by atoms with Gasteiger partial charge in [-0.05, 0) is 39.5 Å². The van der Waals surface area contributed by atoms with Gasteiger partial charge in [-0.1, -0.05) is 0 Å². The second kappa shape index (κ2) is 8.39. The van der Waals surface area contributed by atoms with Crippen molar-refractivity contribution in [3.05, 3.63) is 0 Å². The van der Waals surface area contributed by atoms with Crippen molar-refractivity contribution in [1.29, 1.82) is 4.78 Å². The van der Waals surface area contributed by atoms with Gasteiger partial charge in [0.25, 0.3) is 0 Å². The number of hydrogen-bond donors (Lipinski definition) is 1. The minimum absolute atomic E-state index is 0.142. The van der Waals surface area contributed by atoms with Crippen LogP contribution >= 0.6 is 0 Å². The van der Waals surface area contributed by atoms with Crippen molar-refractivity contribution >= 4 is 21.3 Å². The highest BCUT2D eigenvalue weighted by atomic mass is 32.2. The van der Waals surface area contributed by atoms with Crippen LogP contribution in [-0.2, 0) is 19.3 Å². The van der Waals surface area contributed by atoms with Gasteiger partial charge in [0.05, 0.1) is 0 Å². The molecule has 0 saturated carbocycles. The molecule has 0 amide bonds. The van der Waals surface area contributed by atoms with Crippen LogP contribution < -0.4 is 0 Å². The van der Waals surface area contributed by atoms with E-state index in [9.17, 15) is 13.8 Å². The molecule has 0 saturated heterocycles. The van der Waals surface area contributed by atoms with Crippen LogP contribution in [0.25, 0.3) is 0 Å². The molecule has 17 heavy (non-hydrogen) atoms. The number of carbonyl (C=O) groups is 2. The Bertz CT molecular complexity index is 319. The summed E-state index contributed by atoms with van der Waals surface area (Å²) in [7, 11) is -2.50. The summed E-state index contributed by atoms with van der Waals surface area (Å²) in [5.74, 6) is 1.03. The maximum atomic E-state index is 11.8. The first-order chi connectivity index (χ1) is 7.83. The van der Waals surface area contributed by atoms with Crippen LogP contribution in [-0.4, -0.2) is 27.3 Å². The molecule has 0 unspecified atom stereocenters. The highest BCUT2D eigenvalue weighted by Crippen LogP contribution is 2.06. The fourth-order valence-electron chi connectivity index (χ4n) is 1.52. The van der Waals surface area contributed by atoms with Crippen molar-refractivity contribution in [2.75, 3.05) is 11.5 Å². The Balaban J connectivity index is 3.66. The van der Waals surface area contributed by atoms with Gasteiger partial charge in [-0.2, -0.15) is 0 Å².